The fourth-order valence-corrected chi connectivity index (χ4v) is 2.75. The summed E-state index contributed by atoms with van der Waals surface area (Å²) in [4.78, 5) is 0. The van der Waals surface area contributed by atoms with Crippen LogP contribution in [0.4, 0.5) is 0 Å². The maximum atomic E-state index is 6.13. The first kappa shape index (κ1) is 14.7. The molecule has 2 nitrogen and oxygen atoms in total. The molecular weight excluding hydrogens is 347 g/mol. The molecule has 19 heavy (non-hydrogen) atoms. The van der Waals surface area contributed by atoms with Crippen LogP contribution in [0.15, 0.2) is 12.1 Å². The van der Waals surface area contributed by atoms with Crippen molar-refractivity contribution in [2.75, 3.05) is 5.33 Å². The number of benzene rings is 1. The smallest absolute Gasteiger partial charge is 0.228 e. The third-order valence-corrected chi connectivity index (χ3v) is 4.13. The van der Waals surface area contributed by atoms with Gasteiger partial charge in [0.25, 0.3) is 5.82 Å². The molecule has 0 saturated carbocycles. The zero-order valence-corrected chi connectivity index (χ0v) is 13.9. The van der Waals surface area contributed by atoms with Crippen LogP contribution in [0.3, 0.4) is 0 Å². The molecule has 0 N–H and O–H groups in total. The van der Waals surface area contributed by atoms with Crippen LogP contribution in [0, 0.1) is 18.8 Å². The lowest BCUT2D eigenvalue weighted by Crippen LogP contribution is -2.35. The normalized spacial score (nSPS) is 10.6. The molecule has 0 aliphatic rings. The van der Waals surface area contributed by atoms with Gasteiger partial charge in [-0.2, -0.15) is 0 Å². The summed E-state index contributed by atoms with van der Waals surface area (Å²) in [6.45, 7) is 5.74. The number of rotatable bonds is 2. The molecule has 0 bridgehead atoms. The largest absolute Gasteiger partial charge is 0.255 e. The van der Waals surface area contributed by atoms with Crippen LogP contribution in [0.25, 0.3) is 11.0 Å². The van der Waals surface area contributed by atoms with E-state index in [2.05, 4.69) is 50.8 Å². The summed E-state index contributed by atoms with van der Waals surface area (Å²) in [5.41, 5.74) is 2.16. The van der Waals surface area contributed by atoms with E-state index in [-0.39, 0.29) is 0 Å². The van der Waals surface area contributed by atoms with Gasteiger partial charge in [-0.3, -0.25) is 0 Å². The maximum absolute atomic E-state index is 6.13. The molecule has 1 aromatic heterocycles. The van der Waals surface area contributed by atoms with Crippen molar-refractivity contribution in [3.8, 4) is 11.8 Å². The SMILES string of the molecule is CCn1c(C)[n+](CC#CCBr)c2cc(Cl)c(Cl)cc21. The van der Waals surface area contributed by atoms with E-state index in [4.69, 9.17) is 23.2 Å². The van der Waals surface area contributed by atoms with E-state index in [0.717, 1.165) is 23.4 Å². The van der Waals surface area contributed by atoms with E-state index in [0.29, 0.717) is 21.9 Å². The number of halogens is 3. The highest BCUT2D eigenvalue weighted by atomic mass is 79.9. The standard InChI is InChI=1S/C14H14BrCl2N2/c1-3-18-10(2)19(7-5-4-6-15)14-9-12(17)11(16)8-13(14)18/h8-9H,3,6-7H2,1-2H3/q+1. The molecule has 2 rings (SSSR count). The van der Waals surface area contributed by atoms with Gasteiger partial charge in [-0.05, 0) is 6.92 Å². The summed E-state index contributed by atoms with van der Waals surface area (Å²) in [6.07, 6.45) is 0. The minimum atomic E-state index is 0.574. The molecule has 0 aliphatic carbocycles. The minimum absolute atomic E-state index is 0.574. The summed E-state index contributed by atoms with van der Waals surface area (Å²) in [7, 11) is 0. The van der Waals surface area contributed by atoms with Crippen molar-refractivity contribution in [2.45, 2.75) is 26.9 Å². The Morgan fingerprint density at radius 1 is 1.26 bits per heavy atom. The second kappa shape index (κ2) is 6.17. The fourth-order valence-electron chi connectivity index (χ4n) is 2.23. The number of hydrogen-bond acceptors (Lipinski definition) is 0. The van der Waals surface area contributed by atoms with Gasteiger partial charge in [-0.15, -0.1) is 0 Å². The molecule has 2 aromatic rings. The second-order valence-electron chi connectivity index (χ2n) is 4.12. The number of hydrogen-bond donors (Lipinski definition) is 0. The van der Waals surface area contributed by atoms with E-state index >= 15 is 0 Å². The van der Waals surface area contributed by atoms with Gasteiger partial charge in [0.1, 0.15) is 0 Å². The highest BCUT2D eigenvalue weighted by Gasteiger charge is 2.21. The molecule has 0 radical (unpaired) electrons. The molecule has 0 saturated heterocycles. The highest BCUT2D eigenvalue weighted by Crippen LogP contribution is 2.27. The van der Waals surface area contributed by atoms with Crippen LogP contribution in [-0.4, -0.2) is 9.90 Å². The Bertz CT molecular complexity index is 680. The molecular formula is C14H14BrCl2N2+. The van der Waals surface area contributed by atoms with E-state index in [1.165, 1.54) is 0 Å². The molecule has 0 atom stereocenters. The number of aryl methyl sites for hydroxylation is 1. The number of imidazole rings is 1. The average molecular weight is 361 g/mol. The first-order valence-corrected chi connectivity index (χ1v) is 7.87. The van der Waals surface area contributed by atoms with Gasteiger partial charge in [0.15, 0.2) is 17.6 Å². The maximum Gasteiger partial charge on any atom is 0.255 e. The summed E-state index contributed by atoms with van der Waals surface area (Å²) >= 11 is 15.5. The predicted octanol–water partition coefficient (Wildman–Crippen LogP) is 3.96. The van der Waals surface area contributed by atoms with Crippen molar-refractivity contribution in [1.29, 1.82) is 0 Å². The summed E-state index contributed by atoms with van der Waals surface area (Å²) in [5, 5.41) is 1.84. The van der Waals surface area contributed by atoms with E-state index in [9.17, 15) is 0 Å². The first-order valence-electron chi connectivity index (χ1n) is 5.99. The lowest BCUT2D eigenvalue weighted by Gasteiger charge is -1.95. The molecule has 1 aromatic carbocycles. The van der Waals surface area contributed by atoms with Gasteiger partial charge >= 0.3 is 0 Å². The zero-order chi connectivity index (χ0) is 14.0. The number of fused-ring (bicyclic) bond motifs is 1. The highest BCUT2D eigenvalue weighted by molar-refractivity contribution is 9.09. The third-order valence-electron chi connectivity index (χ3n) is 3.13. The van der Waals surface area contributed by atoms with Crippen molar-refractivity contribution >= 4 is 50.2 Å². The second-order valence-corrected chi connectivity index (χ2v) is 5.49. The van der Waals surface area contributed by atoms with Crippen molar-refractivity contribution in [3.63, 3.8) is 0 Å². The van der Waals surface area contributed by atoms with E-state index in [1.54, 1.807) is 0 Å². The van der Waals surface area contributed by atoms with Gasteiger partial charge < -0.3 is 0 Å². The summed E-state index contributed by atoms with van der Waals surface area (Å²) < 4.78 is 4.38. The van der Waals surface area contributed by atoms with Crippen molar-refractivity contribution in [1.82, 2.24) is 4.57 Å². The molecule has 0 fully saturated rings. The van der Waals surface area contributed by atoms with Crippen LogP contribution in [0.5, 0.6) is 0 Å². The first-order chi connectivity index (χ1) is 9.10. The Balaban J connectivity index is 2.68. The molecule has 1 heterocycles. The summed E-state index contributed by atoms with van der Waals surface area (Å²) in [5.74, 6) is 7.30. The van der Waals surface area contributed by atoms with E-state index < -0.39 is 0 Å². The van der Waals surface area contributed by atoms with Crippen LogP contribution in [-0.2, 0) is 13.1 Å². The Labute approximate surface area is 131 Å². The summed E-state index contributed by atoms with van der Waals surface area (Å²) in [6, 6.07) is 3.83. The van der Waals surface area contributed by atoms with Crippen LogP contribution in [0.1, 0.15) is 12.7 Å². The monoisotopic (exact) mass is 359 g/mol. The Kier molecular flexibility index (Phi) is 4.78. The lowest BCUT2D eigenvalue weighted by atomic mass is 10.3. The Morgan fingerprint density at radius 2 is 1.95 bits per heavy atom. The molecule has 0 amide bonds. The molecule has 100 valence electrons. The zero-order valence-electron chi connectivity index (χ0n) is 10.8. The van der Waals surface area contributed by atoms with Gasteiger partial charge in [-0.1, -0.05) is 51.0 Å². The van der Waals surface area contributed by atoms with Crippen molar-refractivity contribution < 1.29 is 4.57 Å². The van der Waals surface area contributed by atoms with Gasteiger partial charge in [-0.25, -0.2) is 9.13 Å². The molecule has 5 heteroatoms. The Hall–Kier alpha value is -0.690. The van der Waals surface area contributed by atoms with Crippen LogP contribution < -0.4 is 4.57 Å². The predicted molar refractivity (Wildman–Crippen MR) is 84.1 cm³/mol. The van der Waals surface area contributed by atoms with Gasteiger partial charge in [0, 0.05) is 19.1 Å². The number of alkyl halides is 1. The van der Waals surface area contributed by atoms with Crippen LogP contribution in [0.2, 0.25) is 10.0 Å². The molecule has 0 aliphatic heterocycles. The van der Waals surface area contributed by atoms with Gasteiger partial charge in [0.05, 0.1) is 21.9 Å². The number of nitrogens with zero attached hydrogens (tertiary/aromatic N) is 2. The van der Waals surface area contributed by atoms with Gasteiger partial charge in [0.2, 0.25) is 0 Å². The van der Waals surface area contributed by atoms with Crippen molar-refractivity contribution in [3.05, 3.63) is 28.0 Å². The quantitative estimate of drug-likeness (QED) is 0.435. The average Bonchev–Trinajstić information content (AvgIpc) is 2.63. The minimum Gasteiger partial charge on any atom is -0.228 e. The molecule has 0 unspecified atom stereocenters. The lowest BCUT2D eigenvalue weighted by molar-refractivity contribution is -0.666. The van der Waals surface area contributed by atoms with E-state index in [1.807, 2.05) is 12.1 Å². The molecule has 0 spiro atoms. The third kappa shape index (κ3) is 2.76. The number of aromatic nitrogens is 2. The Morgan fingerprint density at radius 3 is 2.58 bits per heavy atom. The fraction of sp³-hybridized carbons (Fsp3) is 0.357. The van der Waals surface area contributed by atoms with Crippen LogP contribution >= 0.6 is 39.1 Å². The topological polar surface area (TPSA) is 8.81 Å². The van der Waals surface area contributed by atoms with Crippen molar-refractivity contribution in [2.24, 2.45) is 0 Å².